The Bertz CT molecular complexity index is 876. The molecule has 2 aromatic rings. The first-order chi connectivity index (χ1) is 13.0. The minimum atomic E-state index is -0.692. The van der Waals surface area contributed by atoms with Crippen LogP contribution in [0.15, 0.2) is 66.7 Å². The lowest BCUT2D eigenvalue weighted by Crippen LogP contribution is -2.30. The number of rotatable bonds is 4. The molecular formula is C21H20N2O4. The van der Waals surface area contributed by atoms with E-state index in [4.69, 9.17) is 4.74 Å². The highest BCUT2D eigenvalue weighted by Crippen LogP contribution is 2.30. The van der Waals surface area contributed by atoms with Crippen LogP contribution in [0.1, 0.15) is 12.0 Å². The molecule has 1 unspecified atom stereocenters. The van der Waals surface area contributed by atoms with Gasteiger partial charge in [-0.05, 0) is 18.2 Å². The molecule has 0 aliphatic carbocycles. The van der Waals surface area contributed by atoms with Crippen molar-refractivity contribution in [1.29, 1.82) is 0 Å². The second-order valence-electron chi connectivity index (χ2n) is 6.37. The maximum atomic E-state index is 12.8. The first-order valence-electron chi connectivity index (χ1n) is 8.55. The van der Waals surface area contributed by atoms with E-state index in [1.165, 1.54) is 9.80 Å². The van der Waals surface area contributed by atoms with Crippen molar-refractivity contribution in [3.8, 4) is 0 Å². The van der Waals surface area contributed by atoms with Gasteiger partial charge in [0.2, 0.25) is 11.8 Å². The summed E-state index contributed by atoms with van der Waals surface area (Å²) in [6.07, 6.45) is 1.03. The van der Waals surface area contributed by atoms with Crippen LogP contribution in [-0.2, 0) is 14.3 Å². The van der Waals surface area contributed by atoms with Gasteiger partial charge in [0, 0.05) is 26.1 Å². The van der Waals surface area contributed by atoms with Crippen molar-refractivity contribution in [2.75, 3.05) is 19.0 Å². The van der Waals surface area contributed by atoms with Gasteiger partial charge in [-0.2, -0.15) is 0 Å². The Morgan fingerprint density at radius 3 is 2.22 bits per heavy atom. The monoisotopic (exact) mass is 364 g/mol. The van der Waals surface area contributed by atoms with Gasteiger partial charge < -0.3 is 9.64 Å². The van der Waals surface area contributed by atoms with Crippen LogP contribution in [0.3, 0.4) is 0 Å². The zero-order valence-corrected chi connectivity index (χ0v) is 15.2. The molecule has 3 rings (SSSR count). The van der Waals surface area contributed by atoms with Gasteiger partial charge in [-0.25, -0.2) is 4.79 Å². The molecule has 2 aromatic carbocycles. The predicted molar refractivity (Wildman–Crippen MR) is 102 cm³/mol. The zero-order chi connectivity index (χ0) is 19.4. The van der Waals surface area contributed by atoms with E-state index in [9.17, 15) is 14.4 Å². The van der Waals surface area contributed by atoms with E-state index in [2.05, 4.69) is 0 Å². The van der Waals surface area contributed by atoms with Gasteiger partial charge in [0.25, 0.3) is 0 Å². The number of imide groups is 1. The number of hydrogen-bond acceptors (Lipinski definition) is 4. The van der Waals surface area contributed by atoms with Gasteiger partial charge in [0.1, 0.15) is 5.76 Å². The van der Waals surface area contributed by atoms with Gasteiger partial charge in [0.05, 0.1) is 11.6 Å². The fourth-order valence-electron chi connectivity index (χ4n) is 2.79. The van der Waals surface area contributed by atoms with Crippen LogP contribution in [0, 0.1) is 5.92 Å². The molecule has 0 radical (unpaired) electrons. The molecule has 1 saturated heterocycles. The number of carbonyl (C=O) groups is 3. The molecule has 1 aliphatic rings. The van der Waals surface area contributed by atoms with E-state index < -0.39 is 12.0 Å². The Kier molecular flexibility index (Phi) is 5.35. The minimum absolute atomic E-state index is 0.0313. The van der Waals surface area contributed by atoms with E-state index in [0.717, 1.165) is 0 Å². The number of para-hydroxylation sites is 1. The fourth-order valence-corrected chi connectivity index (χ4v) is 2.79. The summed E-state index contributed by atoms with van der Waals surface area (Å²) in [6, 6.07) is 17.8. The number of anilines is 1. The highest BCUT2D eigenvalue weighted by molar-refractivity contribution is 6.21. The Balaban J connectivity index is 1.92. The predicted octanol–water partition coefficient (Wildman–Crippen LogP) is 3.31. The minimum Gasteiger partial charge on any atom is -0.410 e. The van der Waals surface area contributed by atoms with Gasteiger partial charge in [0.15, 0.2) is 0 Å². The normalized spacial score (nSPS) is 17.2. The average molecular weight is 364 g/mol. The Hall–Kier alpha value is -3.41. The molecule has 0 N–H and O–H groups in total. The molecule has 3 amide bonds. The molecule has 27 heavy (non-hydrogen) atoms. The number of hydrogen-bond donors (Lipinski definition) is 0. The quantitative estimate of drug-likeness (QED) is 0.617. The van der Waals surface area contributed by atoms with Crippen molar-refractivity contribution in [3.63, 3.8) is 0 Å². The standard InChI is InChI=1S/C21H20N2O4/c1-22(2)21(26)27-18(15-9-5-3-6-10-15)13-16-14-19(24)23(20(16)25)17-11-7-4-8-12-17/h3-13,16H,14H2,1-2H3/b18-13-. The lowest BCUT2D eigenvalue weighted by molar-refractivity contribution is -0.121. The van der Waals surface area contributed by atoms with Crippen LogP contribution < -0.4 is 4.90 Å². The maximum absolute atomic E-state index is 12.8. The van der Waals surface area contributed by atoms with E-state index in [-0.39, 0.29) is 24.0 Å². The van der Waals surface area contributed by atoms with Crippen molar-refractivity contribution < 1.29 is 19.1 Å². The van der Waals surface area contributed by atoms with Gasteiger partial charge in [-0.3, -0.25) is 14.5 Å². The molecular weight excluding hydrogens is 344 g/mol. The lowest BCUT2D eigenvalue weighted by Gasteiger charge is -2.16. The van der Waals surface area contributed by atoms with Crippen molar-refractivity contribution in [3.05, 3.63) is 72.3 Å². The summed E-state index contributed by atoms with van der Waals surface area (Å²) in [7, 11) is 3.15. The topological polar surface area (TPSA) is 66.9 Å². The molecule has 0 spiro atoms. The third kappa shape index (κ3) is 4.06. The number of amides is 3. The summed E-state index contributed by atoms with van der Waals surface area (Å²) in [6.45, 7) is 0. The fraction of sp³-hybridized carbons (Fsp3) is 0.190. The lowest BCUT2D eigenvalue weighted by atomic mass is 10.0. The molecule has 6 heteroatoms. The molecule has 0 bridgehead atoms. The largest absolute Gasteiger partial charge is 0.414 e. The zero-order valence-electron chi connectivity index (χ0n) is 15.2. The first-order valence-corrected chi connectivity index (χ1v) is 8.55. The molecule has 1 heterocycles. The van der Waals surface area contributed by atoms with Crippen molar-refractivity contribution in [2.45, 2.75) is 6.42 Å². The van der Waals surface area contributed by atoms with Crippen LogP contribution in [0.5, 0.6) is 0 Å². The van der Waals surface area contributed by atoms with Crippen LogP contribution >= 0.6 is 0 Å². The van der Waals surface area contributed by atoms with Crippen LogP contribution in [0.4, 0.5) is 10.5 Å². The van der Waals surface area contributed by atoms with E-state index in [0.29, 0.717) is 11.3 Å². The first kappa shape index (κ1) is 18.4. The van der Waals surface area contributed by atoms with Crippen LogP contribution in [-0.4, -0.2) is 36.9 Å². The van der Waals surface area contributed by atoms with Gasteiger partial charge >= 0.3 is 6.09 Å². The number of ether oxygens (including phenoxy) is 1. The summed E-state index contributed by atoms with van der Waals surface area (Å²) < 4.78 is 5.45. The molecule has 0 saturated carbocycles. The Labute approximate surface area is 157 Å². The number of benzene rings is 2. The van der Waals surface area contributed by atoms with Gasteiger partial charge in [-0.15, -0.1) is 0 Å². The molecule has 6 nitrogen and oxygen atoms in total. The highest BCUT2D eigenvalue weighted by Gasteiger charge is 2.38. The highest BCUT2D eigenvalue weighted by atomic mass is 16.6. The summed E-state index contributed by atoms with van der Waals surface area (Å²) >= 11 is 0. The third-order valence-corrected chi connectivity index (χ3v) is 4.17. The van der Waals surface area contributed by atoms with Crippen molar-refractivity contribution in [1.82, 2.24) is 4.90 Å². The Morgan fingerprint density at radius 2 is 1.63 bits per heavy atom. The van der Waals surface area contributed by atoms with E-state index in [1.54, 1.807) is 56.6 Å². The smallest absolute Gasteiger partial charge is 0.410 e. The van der Waals surface area contributed by atoms with Crippen molar-refractivity contribution in [2.24, 2.45) is 5.92 Å². The molecule has 1 atom stereocenters. The molecule has 138 valence electrons. The van der Waals surface area contributed by atoms with Crippen LogP contribution in [0.25, 0.3) is 5.76 Å². The number of nitrogens with zero attached hydrogens (tertiary/aromatic N) is 2. The average Bonchev–Trinajstić information content (AvgIpc) is 2.95. The summed E-state index contributed by atoms with van der Waals surface area (Å²) in [5, 5.41) is 0. The summed E-state index contributed by atoms with van der Waals surface area (Å²) in [5.41, 5.74) is 1.20. The summed E-state index contributed by atoms with van der Waals surface area (Å²) in [4.78, 5) is 39.7. The second kappa shape index (κ2) is 7.86. The Morgan fingerprint density at radius 1 is 1.04 bits per heavy atom. The maximum Gasteiger partial charge on any atom is 0.414 e. The third-order valence-electron chi connectivity index (χ3n) is 4.17. The van der Waals surface area contributed by atoms with Gasteiger partial charge in [-0.1, -0.05) is 48.5 Å². The number of carbonyl (C=O) groups excluding carboxylic acids is 3. The second-order valence-corrected chi connectivity index (χ2v) is 6.37. The molecule has 1 aliphatic heterocycles. The van der Waals surface area contributed by atoms with E-state index in [1.807, 2.05) is 24.3 Å². The SMILES string of the molecule is CN(C)C(=O)O/C(=C\C1CC(=O)N(c2ccccc2)C1=O)c1ccccc1. The van der Waals surface area contributed by atoms with Crippen LogP contribution in [0.2, 0.25) is 0 Å². The molecule has 1 fully saturated rings. The van der Waals surface area contributed by atoms with E-state index >= 15 is 0 Å². The molecule has 0 aromatic heterocycles. The summed E-state index contributed by atoms with van der Waals surface area (Å²) in [5.74, 6) is -1.04. The van der Waals surface area contributed by atoms with Crippen molar-refractivity contribution >= 4 is 29.4 Å².